The molecule has 18 heavy (non-hydrogen) atoms. The Morgan fingerprint density at radius 1 is 1.17 bits per heavy atom. The lowest BCUT2D eigenvalue weighted by molar-refractivity contribution is -0.151. The van der Waals surface area contributed by atoms with Crippen molar-refractivity contribution in [3.63, 3.8) is 0 Å². The Morgan fingerprint density at radius 2 is 1.89 bits per heavy atom. The van der Waals surface area contributed by atoms with Gasteiger partial charge in [0.1, 0.15) is 11.9 Å². The first kappa shape index (κ1) is 12.0. The summed E-state index contributed by atoms with van der Waals surface area (Å²) in [6, 6.07) is 6.28. The number of hydrogen-bond donors (Lipinski definition) is 1. The zero-order valence-electron chi connectivity index (χ0n) is 11.3. The lowest BCUT2D eigenvalue weighted by Gasteiger charge is -2.51. The Bertz CT molecular complexity index is 446. The fourth-order valence-electron chi connectivity index (χ4n) is 3.53. The number of ether oxygens (including phenoxy) is 1. The molecule has 98 valence electrons. The summed E-state index contributed by atoms with van der Waals surface area (Å²) in [5, 5.41) is 10.1. The molecule has 1 N–H and O–H groups in total. The van der Waals surface area contributed by atoms with Crippen LogP contribution in [0.3, 0.4) is 0 Å². The lowest BCUT2D eigenvalue weighted by Crippen LogP contribution is -2.58. The van der Waals surface area contributed by atoms with E-state index in [-0.39, 0.29) is 17.6 Å². The molecule has 0 bridgehead atoms. The molecule has 2 aliphatic carbocycles. The minimum Gasteiger partial charge on any atom is -0.490 e. The topological polar surface area (TPSA) is 29.5 Å². The highest BCUT2D eigenvalue weighted by molar-refractivity contribution is 5.34. The summed E-state index contributed by atoms with van der Waals surface area (Å²) < 4.78 is 6.13. The highest BCUT2D eigenvalue weighted by atomic mass is 16.5. The molecule has 0 heterocycles. The summed E-state index contributed by atoms with van der Waals surface area (Å²) in [6.07, 6.45) is 5.61. The molecule has 0 saturated heterocycles. The molecule has 2 nitrogen and oxygen atoms in total. The molecular weight excluding hydrogens is 224 g/mol. The van der Waals surface area contributed by atoms with Crippen molar-refractivity contribution >= 4 is 0 Å². The van der Waals surface area contributed by atoms with Crippen molar-refractivity contribution in [1.82, 2.24) is 0 Å². The molecule has 2 fully saturated rings. The number of rotatable bonds is 2. The van der Waals surface area contributed by atoms with Crippen molar-refractivity contribution in [3.8, 4) is 5.75 Å². The second kappa shape index (κ2) is 4.27. The van der Waals surface area contributed by atoms with E-state index in [1.165, 1.54) is 24.0 Å². The van der Waals surface area contributed by atoms with Crippen molar-refractivity contribution in [2.45, 2.75) is 58.2 Å². The first-order valence-corrected chi connectivity index (χ1v) is 7.04. The second-order valence-electron chi connectivity index (χ2n) is 6.04. The van der Waals surface area contributed by atoms with Crippen molar-refractivity contribution in [1.29, 1.82) is 0 Å². The van der Waals surface area contributed by atoms with Crippen LogP contribution in [0.2, 0.25) is 0 Å². The number of aryl methyl sites for hydroxylation is 2. The predicted octanol–water partition coefficient (Wildman–Crippen LogP) is 3.38. The van der Waals surface area contributed by atoms with E-state index in [0.717, 1.165) is 25.0 Å². The van der Waals surface area contributed by atoms with E-state index < -0.39 is 0 Å². The van der Waals surface area contributed by atoms with Gasteiger partial charge in [0.25, 0.3) is 0 Å². The Labute approximate surface area is 109 Å². The van der Waals surface area contributed by atoms with Crippen LogP contribution in [0.5, 0.6) is 5.75 Å². The first-order valence-electron chi connectivity index (χ1n) is 7.04. The molecular formula is C16H22O2. The number of aliphatic hydroxyl groups is 1. The van der Waals surface area contributed by atoms with Crippen molar-refractivity contribution in [2.24, 2.45) is 5.41 Å². The van der Waals surface area contributed by atoms with Crippen LogP contribution in [-0.4, -0.2) is 17.3 Å². The molecule has 2 atom stereocenters. The minimum atomic E-state index is -0.142. The molecule has 1 aromatic carbocycles. The van der Waals surface area contributed by atoms with Gasteiger partial charge in [-0.25, -0.2) is 0 Å². The van der Waals surface area contributed by atoms with E-state index >= 15 is 0 Å². The smallest absolute Gasteiger partial charge is 0.120 e. The first-order chi connectivity index (χ1) is 8.62. The molecule has 2 unspecified atom stereocenters. The van der Waals surface area contributed by atoms with E-state index in [1.807, 2.05) is 0 Å². The largest absolute Gasteiger partial charge is 0.490 e. The Morgan fingerprint density at radius 3 is 2.50 bits per heavy atom. The number of aliphatic hydroxyl groups excluding tert-OH is 1. The summed E-state index contributed by atoms with van der Waals surface area (Å²) in [6.45, 7) is 4.23. The van der Waals surface area contributed by atoms with E-state index in [0.29, 0.717) is 0 Å². The van der Waals surface area contributed by atoms with Gasteiger partial charge < -0.3 is 9.84 Å². The zero-order chi connectivity index (χ0) is 12.8. The van der Waals surface area contributed by atoms with Gasteiger partial charge in [-0.1, -0.05) is 18.9 Å². The van der Waals surface area contributed by atoms with Gasteiger partial charge in [0, 0.05) is 11.8 Å². The van der Waals surface area contributed by atoms with Gasteiger partial charge in [-0.2, -0.15) is 0 Å². The van der Waals surface area contributed by atoms with Gasteiger partial charge in [-0.05, 0) is 49.9 Å². The van der Waals surface area contributed by atoms with Crippen LogP contribution >= 0.6 is 0 Å². The summed E-state index contributed by atoms with van der Waals surface area (Å²) in [5.41, 5.74) is 2.64. The van der Waals surface area contributed by atoms with Crippen LogP contribution in [0.25, 0.3) is 0 Å². The molecule has 0 aromatic heterocycles. The highest BCUT2D eigenvalue weighted by Crippen LogP contribution is 2.54. The fraction of sp³-hybridized carbons (Fsp3) is 0.625. The third kappa shape index (κ3) is 1.74. The van der Waals surface area contributed by atoms with Crippen LogP contribution < -0.4 is 4.74 Å². The fourth-order valence-corrected chi connectivity index (χ4v) is 3.53. The lowest BCUT2D eigenvalue weighted by atomic mass is 9.62. The molecule has 0 radical (unpaired) electrons. The van der Waals surface area contributed by atoms with Crippen LogP contribution in [0.15, 0.2) is 18.2 Å². The maximum absolute atomic E-state index is 10.1. The Hall–Kier alpha value is -1.02. The van der Waals surface area contributed by atoms with Crippen LogP contribution in [-0.2, 0) is 0 Å². The average molecular weight is 246 g/mol. The van der Waals surface area contributed by atoms with Gasteiger partial charge in [-0.3, -0.25) is 0 Å². The Kier molecular flexibility index (Phi) is 2.86. The summed E-state index contributed by atoms with van der Waals surface area (Å²) in [5.74, 6) is 0.960. The van der Waals surface area contributed by atoms with Gasteiger partial charge in [0.05, 0.1) is 6.10 Å². The maximum Gasteiger partial charge on any atom is 0.120 e. The molecule has 1 aromatic rings. The molecule has 3 rings (SSSR count). The highest BCUT2D eigenvalue weighted by Gasteiger charge is 2.57. The van der Waals surface area contributed by atoms with E-state index in [1.54, 1.807) is 0 Å². The van der Waals surface area contributed by atoms with Crippen molar-refractivity contribution in [2.75, 3.05) is 0 Å². The van der Waals surface area contributed by atoms with Gasteiger partial charge in [0.15, 0.2) is 0 Å². The quantitative estimate of drug-likeness (QED) is 0.867. The summed E-state index contributed by atoms with van der Waals surface area (Å²) in [4.78, 5) is 0. The maximum atomic E-state index is 10.1. The SMILES string of the molecule is Cc1ccc(OC2CC(O)C23CCCC3)cc1C. The normalized spacial score (nSPS) is 29.3. The molecule has 1 spiro atoms. The van der Waals surface area contributed by atoms with Crippen molar-refractivity contribution in [3.05, 3.63) is 29.3 Å². The van der Waals surface area contributed by atoms with Gasteiger partial charge in [-0.15, -0.1) is 0 Å². The molecule has 0 amide bonds. The summed E-state index contributed by atoms with van der Waals surface area (Å²) >= 11 is 0. The van der Waals surface area contributed by atoms with E-state index in [2.05, 4.69) is 32.0 Å². The zero-order valence-corrected chi connectivity index (χ0v) is 11.3. The molecule has 2 saturated carbocycles. The van der Waals surface area contributed by atoms with Crippen LogP contribution in [0.4, 0.5) is 0 Å². The van der Waals surface area contributed by atoms with Gasteiger partial charge in [0.2, 0.25) is 0 Å². The minimum absolute atomic E-state index is 0.0682. The third-order valence-electron chi connectivity index (χ3n) is 5.03. The number of benzene rings is 1. The second-order valence-corrected chi connectivity index (χ2v) is 6.04. The van der Waals surface area contributed by atoms with Crippen LogP contribution in [0.1, 0.15) is 43.2 Å². The monoisotopic (exact) mass is 246 g/mol. The average Bonchev–Trinajstić information content (AvgIpc) is 2.85. The van der Waals surface area contributed by atoms with Crippen molar-refractivity contribution < 1.29 is 9.84 Å². The Balaban J connectivity index is 1.75. The predicted molar refractivity (Wildman–Crippen MR) is 71.9 cm³/mol. The molecule has 2 aliphatic rings. The number of hydrogen-bond acceptors (Lipinski definition) is 2. The molecule has 2 heteroatoms. The van der Waals surface area contributed by atoms with E-state index in [4.69, 9.17) is 4.74 Å². The van der Waals surface area contributed by atoms with Crippen LogP contribution in [0, 0.1) is 19.3 Å². The third-order valence-corrected chi connectivity index (χ3v) is 5.03. The molecule has 0 aliphatic heterocycles. The summed E-state index contributed by atoms with van der Waals surface area (Å²) in [7, 11) is 0. The van der Waals surface area contributed by atoms with Gasteiger partial charge >= 0.3 is 0 Å². The standard InChI is InChI=1S/C16H22O2/c1-11-5-6-13(9-12(11)2)18-15-10-14(17)16(15)7-3-4-8-16/h5-6,9,14-15,17H,3-4,7-8,10H2,1-2H3. The van der Waals surface area contributed by atoms with E-state index in [9.17, 15) is 5.11 Å².